The van der Waals surface area contributed by atoms with Crippen LogP contribution in [0.4, 0.5) is 5.69 Å². The van der Waals surface area contributed by atoms with Gasteiger partial charge in [-0.2, -0.15) is 0 Å². The summed E-state index contributed by atoms with van der Waals surface area (Å²) in [5, 5.41) is 12.0. The van der Waals surface area contributed by atoms with Gasteiger partial charge >= 0.3 is 5.97 Å². The molecular weight excluding hydrogens is 318 g/mol. The number of anilines is 1. The lowest BCUT2D eigenvalue weighted by Crippen LogP contribution is -2.35. The normalized spacial score (nSPS) is 17.2. The van der Waals surface area contributed by atoms with E-state index in [9.17, 15) is 9.59 Å². The van der Waals surface area contributed by atoms with Crippen molar-refractivity contribution in [2.75, 3.05) is 18.5 Å². The molecule has 5 heteroatoms. The molecule has 0 aromatic heterocycles. The van der Waals surface area contributed by atoms with Crippen LogP contribution in [0, 0.1) is 11.3 Å². The number of hydrogen-bond acceptors (Lipinski definition) is 3. The van der Waals surface area contributed by atoms with Crippen molar-refractivity contribution in [3.63, 3.8) is 0 Å². The molecule has 0 heterocycles. The van der Waals surface area contributed by atoms with E-state index in [0.29, 0.717) is 19.6 Å². The summed E-state index contributed by atoms with van der Waals surface area (Å²) in [7, 11) is 0. The van der Waals surface area contributed by atoms with E-state index in [1.54, 1.807) is 6.92 Å². The number of rotatable bonds is 9. The molecule has 1 aromatic rings. The maximum atomic E-state index is 12.8. The highest BCUT2D eigenvalue weighted by atomic mass is 16.5. The van der Waals surface area contributed by atoms with Crippen molar-refractivity contribution in [3.8, 4) is 0 Å². The Morgan fingerprint density at radius 2 is 1.88 bits per heavy atom. The minimum atomic E-state index is -0.796. The third-order valence-corrected chi connectivity index (χ3v) is 5.15. The molecule has 1 amide bonds. The van der Waals surface area contributed by atoms with Crippen molar-refractivity contribution >= 4 is 17.6 Å². The van der Waals surface area contributed by atoms with E-state index >= 15 is 0 Å². The van der Waals surface area contributed by atoms with E-state index in [2.05, 4.69) is 5.32 Å². The van der Waals surface area contributed by atoms with Gasteiger partial charge in [0.25, 0.3) is 0 Å². The number of carboxylic acid groups (broad SMARTS) is 1. The summed E-state index contributed by atoms with van der Waals surface area (Å²) < 4.78 is 5.46. The average Bonchev–Trinajstić information content (AvgIpc) is 3.07. The summed E-state index contributed by atoms with van der Waals surface area (Å²) in [6, 6.07) is 7.48. The summed E-state index contributed by atoms with van der Waals surface area (Å²) in [5.41, 5.74) is 1.41. The quantitative estimate of drug-likeness (QED) is 0.665. The average molecular weight is 347 g/mol. The van der Waals surface area contributed by atoms with Gasteiger partial charge in [-0.3, -0.25) is 9.59 Å². The van der Waals surface area contributed by atoms with Crippen molar-refractivity contribution in [3.05, 3.63) is 29.8 Å². The zero-order valence-electron chi connectivity index (χ0n) is 15.2. The van der Waals surface area contributed by atoms with Gasteiger partial charge in [0.2, 0.25) is 5.91 Å². The minimum absolute atomic E-state index is 0.0800. The van der Waals surface area contributed by atoms with Gasteiger partial charge in [0, 0.05) is 18.9 Å². The zero-order valence-corrected chi connectivity index (χ0v) is 15.2. The highest BCUT2D eigenvalue weighted by molar-refractivity contribution is 5.95. The molecule has 1 aliphatic rings. The van der Waals surface area contributed by atoms with Crippen LogP contribution in [0.1, 0.15) is 51.5 Å². The molecule has 0 saturated heterocycles. The van der Waals surface area contributed by atoms with Crippen LogP contribution < -0.4 is 5.32 Å². The van der Waals surface area contributed by atoms with Crippen LogP contribution in [-0.2, 0) is 20.7 Å². The van der Waals surface area contributed by atoms with Crippen molar-refractivity contribution < 1.29 is 19.4 Å². The molecule has 0 radical (unpaired) electrons. The highest BCUT2D eigenvalue weighted by Gasteiger charge is 2.40. The van der Waals surface area contributed by atoms with Crippen LogP contribution >= 0.6 is 0 Å². The SMILES string of the molecule is CCOCCC1(C(=O)Nc2ccc(CC(C)C(=O)O)cc2)CCCC1. The van der Waals surface area contributed by atoms with Gasteiger partial charge in [0.05, 0.1) is 11.3 Å². The number of aliphatic carboxylic acids is 1. The molecule has 1 fully saturated rings. The predicted octanol–water partition coefficient (Wildman–Crippen LogP) is 3.88. The molecule has 0 bridgehead atoms. The van der Waals surface area contributed by atoms with Gasteiger partial charge in [0.15, 0.2) is 0 Å². The third-order valence-electron chi connectivity index (χ3n) is 5.15. The molecule has 0 aliphatic heterocycles. The molecule has 2 rings (SSSR count). The number of carboxylic acids is 1. The topological polar surface area (TPSA) is 75.6 Å². The van der Waals surface area contributed by atoms with E-state index in [1.807, 2.05) is 31.2 Å². The fourth-order valence-electron chi connectivity index (χ4n) is 3.48. The number of benzene rings is 1. The second-order valence-electron chi connectivity index (χ2n) is 7.03. The van der Waals surface area contributed by atoms with E-state index in [1.165, 1.54) is 0 Å². The predicted molar refractivity (Wildman–Crippen MR) is 97.6 cm³/mol. The summed E-state index contributed by atoms with van der Waals surface area (Å²) in [4.78, 5) is 23.8. The van der Waals surface area contributed by atoms with Crippen molar-refractivity contribution in [1.29, 1.82) is 0 Å². The molecule has 1 aliphatic carbocycles. The molecule has 25 heavy (non-hydrogen) atoms. The first-order valence-corrected chi connectivity index (χ1v) is 9.18. The van der Waals surface area contributed by atoms with Crippen LogP contribution in [0.15, 0.2) is 24.3 Å². The Bertz CT molecular complexity index is 576. The summed E-state index contributed by atoms with van der Waals surface area (Å²) in [6.07, 6.45) is 5.26. The number of amides is 1. The van der Waals surface area contributed by atoms with Gasteiger partial charge in [-0.25, -0.2) is 0 Å². The van der Waals surface area contributed by atoms with Gasteiger partial charge in [-0.05, 0) is 50.3 Å². The van der Waals surface area contributed by atoms with Crippen molar-refractivity contribution in [1.82, 2.24) is 0 Å². The Kier molecular flexibility index (Phi) is 7.00. The molecule has 5 nitrogen and oxygen atoms in total. The fraction of sp³-hybridized carbons (Fsp3) is 0.600. The lowest BCUT2D eigenvalue weighted by atomic mass is 9.82. The van der Waals surface area contributed by atoms with Crippen LogP contribution in [0.2, 0.25) is 0 Å². The number of carbonyl (C=O) groups excluding carboxylic acids is 1. The Balaban J connectivity index is 1.97. The van der Waals surface area contributed by atoms with Crippen LogP contribution in [-0.4, -0.2) is 30.2 Å². The largest absolute Gasteiger partial charge is 0.481 e. The Hall–Kier alpha value is -1.88. The standard InChI is InChI=1S/C20H29NO4/c1-3-25-13-12-20(10-4-5-11-20)19(24)21-17-8-6-16(7-9-17)14-15(2)18(22)23/h6-9,15H,3-5,10-14H2,1-2H3,(H,21,24)(H,22,23). The first kappa shape index (κ1) is 19.4. The molecular formula is C20H29NO4. The molecule has 0 spiro atoms. The van der Waals surface area contributed by atoms with Crippen LogP contribution in [0.25, 0.3) is 0 Å². The van der Waals surface area contributed by atoms with Gasteiger partial charge < -0.3 is 15.2 Å². The molecule has 1 unspecified atom stereocenters. The summed E-state index contributed by atoms with van der Waals surface area (Å²) in [5.74, 6) is -1.13. The maximum Gasteiger partial charge on any atom is 0.306 e. The third kappa shape index (κ3) is 5.30. The first-order valence-electron chi connectivity index (χ1n) is 9.18. The van der Waals surface area contributed by atoms with Crippen molar-refractivity contribution in [2.24, 2.45) is 11.3 Å². The summed E-state index contributed by atoms with van der Waals surface area (Å²) in [6.45, 7) is 4.96. The lowest BCUT2D eigenvalue weighted by Gasteiger charge is -2.27. The Labute approximate surface area is 149 Å². The van der Waals surface area contributed by atoms with E-state index in [-0.39, 0.29) is 11.3 Å². The Morgan fingerprint density at radius 3 is 2.44 bits per heavy atom. The maximum absolute atomic E-state index is 12.8. The second-order valence-corrected chi connectivity index (χ2v) is 7.03. The minimum Gasteiger partial charge on any atom is -0.481 e. The molecule has 1 saturated carbocycles. The molecule has 2 N–H and O–H groups in total. The monoisotopic (exact) mass is 347 g/mol. The number of hydrogen-bond donors (Lipinski definition) is 2. The van der Waals surface area contributed by atoms with Gasteiger partial charge in [-0.1, -0.05) is 31.9 Å². The first-order chi connectivity index (χ1) is 12.0. The second kappa shape index (κ2) is 8.99. The lowest BCUT2D eigenvalue weighted by molar-refractivity contribution is -0.141. The molecule has 1 atom stereocenters. The smallest absolute Gasteiger partial charge is 0.306 e. The number of carbonyl (C=O) groups is 2. The summed E-state index contributed by atoms with van der Waals surface area (Å²) >= 11 is 0. The van der Waals surface area contributed by atoms with Crippen LogP contribution in [0.5, 0.6) is 0 Å². The highest BCUT2D eigenvalue weighted by Crippen LogP contribution is 2.42. The number of ether oxygens (including phenoxy) is 1. The van der Waals surface area contributed by atoms with Gasteiger partial charge in [0.1, 0.15) is 0 Å². The van der Waals surface area contributed by atoms with E-state index < -0.39 is 11.9 Å². The number of nitrogens with one attached hydrogen (secondary N) is 1. The molecule has 1 aromatic carbocycles. The van der Waals surface area contributed by atoms with E-state index in [4.69, 9.17) is 9.84 Å². The zero-order chi connectivity index (χ0) is 18.3. The van der Waals surface area contributed by atoms with Crippen LogP contribution in [0.3, 0.4) is 0 Å². The van der Waals surface area contributed by atoms with E-state index in [0.717, 1.165) is 43.4 Å². The fourth-order valence-corrected chi connectivity index (χ4v) is 3.48. The van der Waals surface area contributed by atoms with Crippen molar-refractivity contribution in [2.45, 2.75) is 52.4 Å². The molecule has 138 valence electrons. The van der Waals surface area contributed by atoms with Gasteiger partial charge in [-0.15, -0.1) is 0 Å². The Morgan fingerprint density at radius 1 is 1.24 bits per heavy atom.